The molecule has 0 amide bonds. The molecule has 0 aliphatic heterocycles. The summed E-state index contributed by atoms with van der Waals surface area (Å²) in [6, 6.07) is 3.66. The molecule has 0 fully saturated rings. The van der Waals surface area contributed by atoms with Gasteiger partial charge >= 0.3 is 0 Å². The SMILES string of the molecule is Cn1cc(Sc2ncccc2N)cn1. The zero-order valence-electron chi connectivity index (χ0n) is 7.71. The molecule has 0 aliphatic rings. The Morgan fingerprint density at radius 1 is 1.50 bits per heavy atom. The number of nitrogen functional groups attached to an aromatic ring is 1. The van der Waals surface area contributed by atoms with Crippen molar-refractivity contribution in [1.82, 2.24) is 14.8 Å². The second kappa shape index (κ2) is 3.71. The zero-order valence-corrected chi connectivity index (χ0v) is 8.53. The normalized spacial score (nSPS) is 10.4. The molecule has 72 valence electrons. The van der Waals surface area contributed by atoms with Gasteiger partial charge in [0.15, 0.2) is 0 Å². The molecule has 2 N–H and O–H groups in total. The van der Waals surface area contributed by atoms with Gasteiger partial charge in [0.2, 0.25) is 0 Å². The third kappa shape index (κ3) is 1.88. The van der Waals surface area contributed by atoms with Crippen LogP contribution in [-0.4, -0.2) is 14.8 Å². The number of aromatic nitrogens is 3. The summed E-state index contributed by atoms with van der Waals surface area (Å²) in [6.07, 6.45) is 5.45. The van der Waals surface area contributed by atoms with E-state index >= 15 is 0 Å². The maximum atomic E-state index is 5.76. The van der Waals surface area contributed by atoms with Gasteiger partial charge in [0.1, 0.15) is 5.03 Å². The van der Waals surface area contributed by atoms with Crippen LogP contribution in [0.15, 0.2) is 40.6 Å². The summed E-state index contributed by atoms with van der Waals surface area (Å²) in [5.41, 5.74) is 6.46. The molecule has 4 nitrogen and oxygen atoms in total. The van der Waals surface area contributed by atoms with E-state index in [4.69, 9.17) is 5.73 Å². The second-order valence-corrected chi connectivity index (χ2v) is 3.91. The highest BCUT2D eigenvalue weighted by molar-refractivity contribution is 7.99. The largest absolute Gasteiger partial charge is 0.397 e. The molecule has 0 bridgehead atoms. The third-order valence-corrected chi connectivity index (χ3v) is 2.68. The first-order chi connectivity index (χ1) is 6.75. The summed E-state index contributed by atoms with van der Waals surface area (Å²) in [6.45, 7) is 0. The molecule has 0 aliphatic carbocycles. The lowest BCUT2D eigenvalue weighted by Crippen LogP contribution is -1.89. The lowest BCUT2D eigenvalue weighted by molar-refractivity contribution is 0.766. The van der Waals surface area contributed by atoms with Crippen LogP contribution < -0.4 is 5.73 Å². The highest BCUT2D eigenvalue weighted by Gasteiger charge is 2.03. The summed E-state index contributed by atoms with van der Waals surface area (Å²) in [7, 11) is 1.88. The van der Waals surface area contributed by atoms with E-state index in [1.165, 1.54) is 11.8 Å². The summed E-state index contributed by atoms with van der Waals surface area (Å²) < 4.78 is 1.75. The maximum absolute atomic E-state index is 5.76. The molecule has 2 rings (SSSR count). The maximum Gasteiger partial charge on any atom is 0.124 e. The first kappa shape index (κ1) is 9.08. The van der Waals surface area contributed by atoms with Crippen molar-refractivity contribution in [3.05, 3.63) is 30.7 Å². The van der Waals surface area contributed by atoms with Crippen LogP contribution in [0.5, 0.6) is 0 Å². The van der Waals surface area contributed by atoms with Crippen molar-refractivity contribution < 1.29 is 0 Å². The van der Waals surface area contributed by atoms with E-state index in [-0.39, 0.29) is 0 Å². The molecular weight excluding hydrogens is 196 g/mol. The van der Waals surface area contributed by atoms with Gasteiger partial charge in [-0.2, -0.15) is 5.10 Å². The molecule has 2 aromatic rings. The number of nitrogens with two attached hydrogens (primary N) is 1. The van der Waals surface area contributed by atoms with Crippen LogP contribution in [0.2, 0.25) is 0 Å². The smallest absolute Gasteiger partial charge is 0.124 e. The number of hydrogen-bond donors (Lipinski definition) is 1. The van der Waals surface area contributed by atoms with Crippen LogP contribution in [0.1, 0.15) is 0 Å². The Bertz CT molecular complexity index is 438. The van der Waals surface area contributed by atoms with Crippen LogP contribution in [-0.2, 0) is 7.05 Å². The average molecular weight is 206 g/mol. The van der Waals surface area contributed by atoms with Crippen LogP contribution in [0, 0.1) is 0 Å². The molecule has 0 atom stereocenters. The van der Waals surface area contributed by atoms with Crippen molar-refractivity contribution >= 4 is 17.4 Å². The van der Waals surface area contributed by atoms with Gasteiger partial charge in [0.25, 0.3) is 0 Å². The van der Waals surface area contributed by atoms with Gasteiger partial charge in [-0.15, -0.1) is 0 Å². The molecule has 2 heterocycles. The molecule has 0 spiro atoms. The predicted octanol–water partition coefficient (Wildman–Crippen LogP) is 1.55. The first-order valence-corrected chi connectivity index (χ1v) is 4.94. The summed E-state index contributed by atoms with van der Waals surface area (Å²) >= 11 is 1.52. The Kier molecular flexibility index (Phi) is 2.41. The van der Waals surface area contributed by atoms with E-state index in [1.807, 2.05) is 25.4 Å². The van der Waals surface area contributed by atoms with Crippen molar-refractivity contribution in [3.8, 4) is 0 Å². The second-order valence-electron chi connectivity index (χ2n) is 2.85. The quantitative estimate of drug-likeness (QED) is 0.810. The van der Waals surface area contributed by atoms with Crippen molar-refractivity contribution in [3.63, 3.8) is 0 Å². The Hall–Kier alpha value is -1.49. The molecule has 0 aromatic carbocycles. The van der Waals surface area contributed by atoms with Crippen molar-refractivity contribution in [2.75, 3.05) is 5.73 Å². The van der Waals surface area contributed by atoms with Gasteiger partial charge in [-0.1, -0.05) is 11.8 Å². The van der Waals surface area contributed by atoms with Gasteiger partial charge in [-0.3, -0.25) is 4.68 Å². The standard InChI is InChI=1S/C9H10N4S/c1-13-6-7(5-12-13)14-9-8(10)3-2-4-11-9/h2-6H,10H2,1H3. The van der Waals surface area contributed by atoms with E-state index in [0.29, 0.717) is 5.69 Å². The van der Waals surface area contributed by atoms with Gasteiger partial charge in [0.05, 0.1) is 16.8 Å². The highest BCUT2D eigenvalue weighted by Crippen LogP contribution is 2.28. The predicted molar refractivity (Wildman–Crippen MR) is 56.0 cm³/mol. The highest BCUT2D eigenvalue weighted by atomic mass is 32.2. The van der Waals surface area contributed by atoms with E-state index < -0.39 is 0 Å². The molecule has 0 saturated heterocycles. The molecule has 5 heteroatoms. The lowest BCUT2D eigenvalue weighted by Gasteiger charge is -2.00. The minimum Gasteiger partial charge on any atom is -0.397 e. The monoisotopic (exact) mass is 206 g/mol. The summed E-state index contributed by atoms with van der Waals surface area (Å²) in [5, 5.41) is 4.89. The lowest BCUT2D eigenvalue weighted by atomic mass is 10.4. The molecule has 0 saturated carbocycles. The van der Waals surface area contributed by atoms with Gasteiger partial charge in [-0.25, -0.2) is 4.98 Å². The number of aryl methyl sites for hydroxylation is 1. The van der Waals surface area contributed by atoms with Crippen LogP contribution in [0.4, 0.5) is 5.69 Å². The molecule has 14 heavy (non-hydrogen) atoms. The van der Waals surface area contributed by atoms with Gasteiger partial charge in [0, 0.05) is 19.4 Å². The number of anilines is 1. The minimum atomic E-state index is 0.696. The fourth-order valence-corrected chi connectivity index (χ4v) is 1.88. The first-order valence-electron chi connectivity index (χ1n) is 4.13. The topological polar surface area (TPSA) is 56.7 Å². The van der Waals surface area contributed by atoms with Crippen LogP contribution in [0.3, 0.4) is 0 Å². The number of hydrogen-bond acceptors (Lipinski definition) is 4. The Labute approximate surface area is 86.1 Å². The summed E-state index contributed by atoms with van der Waals surface area (Å²) in [5.74, 6) is 0. The molecule has 0 radical (unpaired) electrons. The van der Waals surface area contributed by atoms with Crippen LogP contribution >= 0.6 is 11.8 Å². The van der Waals surface area contributed by atoms with E-state index in [9.17, 15) is 0 Å². The van der Waals surface area contributed by atoms with Crippen molar-refractivity contribution in [1.29, 1.82) is 0 Å². The van der Waals surface area contributed by atoms with Crippen molar-refractivity contribution in [2.45, 2.75) is 9.92 Å². The van der Waals surface area contributed by atoms with Crippen molar-refractivity contribution in [2.24, 2.45) is 7.05 Å². The number of nitrogens with zero attached hydrogens (tertiary/aromatic N) is 3. The molecule has 2 aromatic heterocycles. The van der Waals surface area contributed by atoms with Crippen LogP contribution in [0.25, 0.3) is 0 Å². The Morgan fingerprint density at radius 3 is 3.00 bits per heavy atom. The number of rotatable bonds is 2. The molecule has 0 unspecified atom stereocenters. The van der Waals surface area contributed by atoms with Gasteiger partial charge < -0.3 is 5.73 Å². The zero-order chi connectivity index (χ0) is 9.97. The van der Waals surface area contributed by atoms with Gasteiger partial charge in [-0.05, 0) is 12.1 Å². The van der Waals surface area contributed by atoms with E-state index in [2.05, 4.69) is 10.1 Å². The third-order valence-electron chi connectivity index (χ3n) is 1.70. The Balaban J connectivity index is 2.23. The average Bonchev–Trinajstić information content (AvgIpc) is 2.56. The Morgan fingerprint density at radius 2 is 2.36 bits per heavy atom. The van der Waals surface area contributed by atoms with E-state index in [0.717, 1.165) is 9.92 Å². The molecular formula is C9H10N4S. The van der Waals surface area contributed by atoms with E-state index in [1.54, 1.807) is 17.1 Å². The fraction of sp³-hybridized carbons (Fsp3) is 0.111. The fourth-order valence-electron chi connectivity index (χ4n) is 1.05. The minimum absolute atomic E-state index is 0.696. The summed E-state index contributed by atoms with van der Waals surface area (Å²) in [4.78, 5) is 5.22. The number of pyridine rings is 1.